The molecule has 0 atom stereocenters. The van der Waals surface area contributed by atoms with E-state index < -0.39 is 0 Å². The second-order valence-corrected chi connectivity index (χ2v) is 4.90. The van der Waals surface area contributed by atoms with Crippen molar-refractivity contribution < 1.29 is 9.59 Å². The van der Waals surface area contributed by atoms with Crippen LogP contribution in [-0.2, 0) is 11.3 Å². The van der Waals surface area contributed by atoms with Crippen molar-refractivity contribution >= 4 is 17.3 Å². The van der Waals surface area contributed by atoms with Crippen molar-refractivity contribution in [2.75, 3.05) is 13.1 Å². The SMILES string of the molecule is O=C(CNC(=O)c1cc2ccccn2n1)NCCn1cccn1. The van der Waals surface area contributed by atoms with E-state index in [9.17, 15) is 9.59 Å². The van der Waals surface area contributed by atoms with Crippen molar-refractivity contribution in [3.8, 4) is 0 Å². The van der Waals surface area contributed by atoms with E-state index in [4.69, 9.17) is 0 Å². The van der Waals surface area contributed by atoms with E-state index in [0.717, 1.165) is 5.52 Å². The fourth-order valence-corrected chi connectivity index (χ4v) is 2.11. The normalized spacial score (nSPS) is 10.6. The summed E-state index contributed by atoms with van der Waals surface area (Å²) in [6, 6.07) is 9.04. The number of aromatic nitrogens is 4. The molecule has 3 rings (SSSR count). The van der Waals surface area contributed by atoms with Crippen molar-refractivity contribution in [3.05, 3.63) is 54.6 Å². The van der Waals surface area contributed by atoms with Crippen molar-refractivity contribution in [2.24, 2.45) is 0 Å². The average molecular weight is 312 g/mol. The van der Waals surface area contributed by atoms with Crippen LogP contribution in [0.1, 0.15) is 10.5 Å². The Kier molecular flexibility index (Phi) is 4.32. The number of amides is 2. The smallest absolute Gasteiger partial charge is 0.272 e. The molecule has 0 spiro atoms. The molecule has 0 unspecified atom stereocenters. The van der Waals surface area contributed by atoms with Crippen LogP contribution in [0.25, 0.3) is 5.52 Å². The summed E-state index contributed by atoms with van der Waals surface area (Å²) >= 11 is 0. The molecule has 0 saturated carbocycles. The van der Waals surface area contributed by atoms with Crippen LogP contribution in [0.5, 0.6) is 0 Å². The predicted octanol–water partition coefficient (Wildman–Crippen LogP) is 0.0770. The first-order valence-corrected chi connectivity index (χ1v) is 7.19. The lowest BCUT2D eigenvalue weighted by Crippen LogP contribution is -2.38. The van der Waals surface area contributed by atoms with Crippen molar-refractivity contribution in [1.82, 2.24) is 30.0 Å². The zero-order valence-electron chi connectivity index (χ0n) is 12.3. The van der Waals surface area contributed by atoms with Gasteiger partial charge in [0.15, 0.2) is 5.69 Å². The van der Waals surface area contributed by atoms with Gasteiger partial charge in [0.1, 0.15) is 0 Å². The summed E-state index contributed by atoms with van der Waals surface area (Å²) in [6.45, 7) is 0.940. The topological polar surface area (TPSA) is 93.3 Å². The molecule has 8 heteroatoms. The first kappa shape index (κ1) is 14.8. The van der Waals surface area contributed by atoms with Gasteiger partial charge in [-0.3, -0.25) is 14.3 Å². The molecule has 0 aliphatic rings. The molecule has 0 fully saturated rings. The summed E-state index contributed by atoms with van der Waals surface area (Å²) in [6.07, 6.45) is 5.25. The minimum atomic E-state index is -0.379. The summed E-state index contributed by atoms with van der Waals surface area (Å²) in [5.74, 6) is -0.634. The third-order valence-corrected chi connectivity index (χ3v) is 3.23. The molecular weight excluding hydrogens is 296 g/mol. The Morgan fingerprint density at radius 3 is 2.83 bits per heavy atom. The number of fused-ring (bicyclic) bond motifs is 1. The average Bonchev–Trinajstić information content (AvgIpc) is 3.21. The van der Waals surface area contributed by atoms with Crippen LogP contribution < -0.4 is 10.6 Å². The van der Waals surface area contributed by atoms with Gasteiger partial charge in [0, 0.05) is 25.1 Å². The highest BCUT2D eigenvalue weighted by Gasteiger charge is 2.11. The highest BCUT2D eigenvalue weighted by molar-refractivity contribution is 5.95. The second kappa shape index (κ2) is 6.73. The van der Waals surface area contributed by atoms with E-state index in [2.05, 4.69) is 20.8 Å². The van der Waals surface area contributed by atoms with Crippen molar-refractivity contribution in [2.45, 2.75) is 6.54 Å². The van der Waals surface area contributed by atoms with Gasteiger partial charge >= 0.3 is 0 Å². The van der Waals surface area contributed by atoms with Gasteiger partial charge in [-0.05, 0) is 24.3 Å². The fraction of sp³-hybridized carbons (Fsp3) is 0.200. The van der Waals surface area contributed by atoms with E-state index >= 15 is 0 Å². The Morgan fingerprint density at radius 2 is 2.04 bits per heavy atom. The molecule has 118 valence electrons. The van der Waals surface area contributed by atoms with Gasteiger partial charge < -0.3 is 10.6 Å². The van der Waals surface area contributed by atoms with E-state index in [-0.39, 0.29) is 24.1 Å². The lowest BCUT2D eigenvalue weighted by atomic mass is 10.3. The summed E-state index contributed by atoms with van der Waals surface area (Å²) in [5, 5.41) is 13.4. The molecule has 23 heavy (non-hydrogen) atoms. The lowest BCUT2D eigenvalue weighted by Gasteiger charge is -2.06. The minimum Gasteiger partial charge on any atom is -0.353 e. The van der Waals surface area contributed by atoms with E-state index in [1.165, 1.54) is 0 Å². The zero-order valence-corrected chi connectivity index (χ0v) is 12.3. The molecule has 3 aromatic rings. The first-order valence-electron chi connectivity index (χ1n) is 7.19. The summed E-state index contributed by atoms with van der Waals surface area (Å²) in [5.41, 5.74) is 1.10. The summed E-state index contributed by atoms with van der Waals surface area (Å²) < 4.78 is 3.33. The molecule has 3 heterocycles. The zero-order chi connectivity index (χ0) is 16.1. The fourth-order valence-electron chi connectivity index (χ4n) is 2.11. The van der Waals surface area contributed by atoms with E-state index in [1.54, 1.807) is 27.7 Å². The van der Waals surface area contributed by atoms with Crippen LogP contribution in [0, 0.1) is 0 Å². The highest BCUT2D eigenvalue weighted by Crippen LogP contribution is 2.05. The van der Waals surface area contributed by atoms with Gasteiger partial charge in [0.25, 0.3) is 5.91 Å². The molecule has 0 bridgehead atoms. The number of hydrogen-bond acceptors (Lipinski definition) is 4. The lowest BCUT2D eigenvalue weighted by molar-refractivity contribution is -0.120. The molecular formula is C15H16N6O2. The largest absolute Gasteiger partial charge is 0.353 e. The Balaban J connectivity index is 1.45. The number of rotatable bonds is 6. The van der Waals surface area contributed by atoms with Crippen molar-refractivity contribution in [1.29, 1.82) is 0 Å². The third kappa shape index (κ3) is 3.73. The summed E-state index contributed by atoms with van der Waals surface area (Å²) in [4.78, 5) is 23.7. The number of carbonyl (C=O) groups excluding carboxylic acids is 2. The highest BCUT2D eigenvalue weighted by atomic mass is 16.2. The molecule has 0 saturated heterocycles. The number of pyridine rings is 1. The number of hydrogen-bond donors (Lipinski definition) is 2. The predicted molar refractivity (Wildman–Crippen MR) is 82.8 cm³/mol. The number of nitrogens with one attached hydrogen (secondary N) is 2. The molecule has 2 N–H and O–H groups in total. The number of nitrogens with zero attached hydrogens (tertiary/aromatic N) is 4. The van der Waals surface area contributed by atoms with Crippen LogP contribution >= 0.6 is 0 Å². The molecule has 2 amide bonds. The first-order chi connectivity index (χ1) is 11.2. The van der Waals surface area contributed by atoms with Gasteiger partial charge in [-0.2, -0.15) is 10.2 Å². The van der Waals surface area contributed by atoms with Gasteiger partial charge in [-0.15, -0.1) is 0 Å². The molecule has 8 nitrogen and oxygen atoms in total. The standard InChI is InChI=1S/C15H16N6O2/c22-14(16-6-9-20-7-3-5-18-20)11-17-15(23)13-10-12-4-1-2-8-21(12)19-13/h1-5,7-8,10H,6,9,11H2,(H,16,22)(H,17,23). The third-order valence-electron chi connectivity index (χ3n) is 3.23. The van der Waals surface area contributed by atoms with Gasteiger partial charge in [0.05, 0.1) is 18.6 Å². The van der Waals surface area contributed by atoms with Crippen LogP contribution in [0.2, 0.25) is 0 Å². The van der Waals surface area contributed by atoms with Crippen LogP contribution in [0.3, 0.4) is 0 Å². The van der Waals surface area contributed by atoms with Gasteiger partial charge in [-0.25, -0.2) is 4.52 Å². The maximum Gasteiger partial charge on any atom is 0.272 e. The van der Waals surface area contributed by atoms with Crippen LogP contribution in [0.4, 0.5) is 0 Å². The Morgan fingerprint density at radius 1 is 1.13 bits per heavy atom. The molecule has 0 aromatic carbocycles. The van der Waals surface area contributed by atoms with Crippen LogP contribution in [-0.4, -0.2) is 44.3 Å². The Bertz CT molecular complexity index is 775. The summed E-state index contributed by atoms with van der Waals surface area (Å²) in [7, 11) is 0. The van der Waals surface area contributed by atoms with E-state index in [0.29, 0.717) is 13.1 Å². The van der Waals surface area contributed by atoms with Crippen LogP contribution in [0.15, 0.2) is 48.9 Å². The van der Waals surface area contributed by atoms with Crippen molar-refractivity contribution in [3.63, 3.8) is 0 Å². The quantitative estimate of drug-likeness (QED) is 0.674. The molecule has 0 radical (unpaired) electrons. The minimum absolute atomic E-state index is 0.0915. The van der Waals surface area contributed by atoms with Gasteiger partial charge in [-0.1, -0.05) is 6.07 Å². The Labute approximate surface area is 132 Å². The van der Waals surface area contributed by atoms with Gasteiger partial charge in [0.2, 0.25) is 5.91 Å². The molecule has 0 aliphatic heterocycles. The maximum atomic E-state index is 12.0. The Hall–Kier alpha value is -3.16. The molecule has 3 aromatic heterocycles. The monoisotopic (exact) mass is 312 g/mol. The number of carbonyl (C=O) groups is 2. The molecule has 0 aliphatic carbocycles. The maximum absolute atomic E-state index is 12.0. The second-order valence-electron chi connectivity index (χ2n) is 4.90. The van der Waals surface area contributed by atoms with E-state index in [1.807, 2.05) is 30.5 Å².